The van der Waals surface area contributed by atoms with Crippen molar-refractivity contribution in [3.63, 3.8) is 0 Å². The summed E-state index contributed by atoms with van der Waals surface area (Å²) in [5, 5.41) is 8.41. The lowest BCUT2D eigenvalue weighted by atomic mass is 10.1. The summed E-state index contributed by atoms with van der Waals surface area (Å²) >= 11 is 0. The Labute approximate surface area is 88.7 Å². The van der Waals surface area contributed by atoms with Gasteiger partial charge in [0.15, 0.2) is 0 Å². The van der Waals surface area contributed by atoms with E-state index in [1.807, 2.05) is 19.1 Å². The molecule has 0 aromatic heterocycles. The van der Waals surface area contributed by atoms with Crippen molar-refractivity contribution in [2.24, 2.45) is 5.73 Å². The van der Waals surface area contributed by atoms with E-state index in [0.29, 0.717) is 5.75 Å². The van der Waals surface area contributed by atoms with Crippen molar-refractivity contribution in [2.45, 2.75) is 19.4 Å². The predicted octanol–water partition coefficient (Wildman–Crippen LogP) is 1.56. The normalized spacial score (nSPS) is 12.1. The molecule has 3 N–H and O–H groups in total. The lowest BCUT2D eigenvalue weighted by molar-refractivity contribution is -0.137. The van der Waals surface area contributed by atoms with Crippen LogP contribution in [0.2, 0.25) is 0 Å². The lowest BCUT2D eigenvalue weighted by Gasteiger charge is -2.07. The van der Waals surface area contributed by atoms with Gasteiger partial charge in [0.2, 0.25) is 0 Å². The van der Waals surface area contributed by atoms with E-state index in [1.165, 1.54) is 0 Å². The van der Waals surface area contributed by atoms with Gasteiger partial charge in [-0.25, -0.2) is 0 Å². The van der Waals surface area contributed by atoms with E-state index in [1.54, 1.807) is 12.1 Å². The first-order valence-corrected chi connectivity index (χ1v) is 4.79. The van der Waals surface area contributed by atoms with E-state index < -0.39 is 5.97 Å². The molecule has 0 radical (unpaired) electrons. The van der Waals surface area contributed by atoms with Gasteiger partial charge in [-0.1, -0.05) is 12.1 Å². The van der Waals surface area contributed by atoms with E-state index in [9.17, 15) is 4.79 Å². The van der Waals surface area contributed by atoms with Crippen molar-refractivity contribution in [1.82, 2.24) is 0 Å². The number of hydrogen-bond acceptors (Lipinski definition) is 3. The van der Waals surface area contributed by atoms with Crippen LogP contribution in [0.5, 0.6) is 5.75 Å². The first kappa shape index (κ1) is 11.5. The van der Waals surface area contributed by atoms with E-state index in [-0.39, 0.29) is 19.1 Å². The van der Waals surface area contributed by atoms with Gasteiger partial charge in [0.1, 0.15) is 5.75 Å². The van der Waals surface area contributed by atoms with E-state index >= 15 is 0 Å². The molecule has 1 aromatic rings. The van der Waals surface area contributed by atoms with Crippen LogP contribution in [0.15, 0.2) is 24.3 Å². The van der Waals surface area contributed by atoms with Gasteiger partial charge in [0.25, 0.3) is 0 Å². The maximum absolute atomic E-state index is 10.2. The number of nitrogens with two attached hydrogens (primary N) is 1. The number of carboxylic acid groups (broad SMARTS) is 1. The van der Waals surface area contributed by atoms with Crippen LogP contribution in [0.4, 0.5) is 0 Å². The zero-order valence-corrected chi connectivity index (χ0v) is 8.64. The summed E-state index contributed by atoms with van der Waals surface area (Å²) in [6, 6.07) is 7.33. The summed E-state index contributed by atoms with van der Waals surface area (Å²) in [6.45, 7) is 2.09. The molecule has 4 heteroatoms. The topological polar surface area (TPSA) is 72.5 Å². The van der Waals surface area contributed by atoms with Crippen molar-refractivity contribution in [3.05, 3.63) is 29.8 Å². The van der Waals surface area contributed by atoms with Gasteiger partial charge in [0, 0.05) is 6.04 Å². The summed E-state index contributed by atoms with van der Waals surface area (Å²) in [5.41, 5.74) is 6.71. The molecule has 0 heterocycles. The maximum Gasteiger partial charge on any atom is 0.306 e. The Morgan fingerprint density at radius 1 is 1.47 bits per heavy atom. The molecule has 0 aliphatic heterocycles. The fourth-order valence-electron chi connectivity index (χ4n) is 1.12. The molecule has 0 bridgehead atoms. The van der Waals surface area contributed by atoms with Crippen LogP contribution in [0.1, 0.15) is 24.9 Å². The minimum atomic E-state index is -0.859. The number of rotatable bonds is 5. The minimum Gasteiger partial charge on any atom is -0.493 e. The largest absolute Gasteiger partial charge is 0.493 e. The summed E-state index contributed by atoms with van der Waals surface area (Å²) in [6.07, 6.45) is 0.00897. The number of hydrogen-bond donors (Lipinski definition) is 2. The predicted molar refractivity (Wildman–Crippen MR) is 56.8 cm³/mol. The Bertz CT molecular complexity index is 319. The molecule has 0 saturated carbocycles. The van der Waals surface area contributed by atoms with Crippen molar-refractivity contribution in [3.8, 4) is 5.75 Å². The second-order valence-corrected chi connectivity index (χ2v) is 3.35. The lowest BCUT2D eigenvalue weighted by Crippen LogP contribution is -2.06. The fraction of sp³-hybridized carbons (Fsp3) is 0.364. The Kier molecular flexibility index (Phi) is 4.12. The van der Waals surface area contributed by atoms with Gasteiger partial charge in [-0.15, -0.1) is 0 Å². The first-order chi connectivity index (χ1) is 7.09. The summed E-state index contributed by atoms with van der Waals surface area (Å²) in [5.74, 6) is -0.192. The second kappa shape index (κ2) is 5.36. The quantitative estimate of drug-likeness (QED) is 0.771. The smallest absolute Gasteiger partial charge is 0.306 e. The fourth-order valence-corrected chi connectivity index (χ4v) is 1.12. The average Bonchev–Trinajstić information content (AvgIpc) is 2.18. The Morgan fingerprint density at radius 2 is 2.07 bits per heavy atom. The number of benzene rings is 1. The summed E-state index contributed by atoms with van der Waals surface area (Å²) in [7, 11) is 0. The van der Waals surface area contributed by atoms with Crippen molar-refractivity contribution < 1.29 is 14.6 Å². The van der Waals surface area contributed by atoms with Crippen LogP contribution < -0.4 is 10.5 Å². The molecule has 0 fully saturated rings. The highest BCUT2D eigenvalue weighted by Crippen LogP contribution is 2.15. The molecular weight excluding hydrogens is 194 g/mol. The van der Waals surface area contributed by atoms with E-state index in [0.717, 1.165) is 5.56 Å². The summed E-state index contributed by atoms with van der Waals surface area (Å²) in [4.78, 5) is 10.2. The van der Waals surface area contributed by atoms with E-state index in [4.69, 9.17) is 15.6 Å². The van der Waals surface area contributed by atoms with E-state index in [2.05, 4.69) is 0 Å². The minimum absolute atomic E-state index is 0.00179. The highest BCUT2D eigenvalue weighted by atomic mass is 16.5. The van der Waals surface area contributed by atoms with Crippen LogP contribution >= 0.6 is 0 Å². The van der Waals surface area contributed by atoms with Crippen molar-refractivity contribution in [1.29, 1.82) is 0 Å². The van der Waals surface area contributed by atoms with Crippen LogP contribution in [0, 0.1) is 0 Å². The van der Waals surface area contributed by atoms with Crippen LogP contribution in [-0.4, -0.2) is 17.7 Å². The molecule has 1 atom stereocenters. The molecule has 0 amide bonds. The van der Waals surface area contributed by atoms with Crippen molar-refractivity contribution >= 4 is 5.97 Å². The molecule has 0 saturated heterocycles. The van der Waals surface area contributed by atoms with Crippen molar-refractivity contribution in [2.75, 3.05) is 6.61 Å². The summed E-state index contributed by atoms with van der Waals surface area (Å²) < 4.78 is 5.23. The Hall–Kier alpha value is -1.55. The molecule has 82 valence electrons. The molecule has 1 rings (SSSR count). The van der Waals surface area contributed by atoms with Crippen LogP contribution in [0.3, 0.4) is 0 Å². The highest BCUT2D eigenvalue weighted by Gasteiger charge is 2.00. The average molecular weight is 209 g/mol. The van der Waals surface area contributed by atoms with Crippen LogP contribution in [0.25, 0.3) is 0 Å². The number of ether oxygens (including phenoxy) is 1. The third-order valence-electron chi connectivity index (χ3n) is 1.99. The van der Waals surface area contributed by atoms with Gasteiger partial charge in [-0.2, -0.15) is 0 Å². The second-order valence-electron chi connectivity index (χ2n) is 3.35. The maximum atomic E-state index is 10.2. The number of carboxylic acids is 1. The SMILES string of the molecule is C[C@@H](N)c1ccc(OCCC(=O)O)cc1. The molecular formula is C11H15NO3. The van der Waals surface area contributed by atoms with Crippen LogP contribution in [-0.2, 0) is 4.79 Å². The number of carbonyl (C=O) groups is 1. The Morgan fingerprint density at radius 3 is 2.53 bits per heavy atom. The molecule has 15 heavy (non-hydrogen) atoms. The van der Waals surface area contributed by atoms with Gasteiger partial charge in [-0.05, 0) is 24.6 Å². The Balaban J connectivity index is 2.46. The molecule has 0 unspecified atom stereocenters. The van der Waals surface area contributed by atoms with Gasteiger partial charge in [0.05, 0.1) is 13.0 Å². The van der Waals surface area contributed by atoms with Gasteiger partial charge < -0.3 is 15.6 Å². The molecule has 0 spiro atoms. The van der Waals surface area contributed by atoms with Gasteiger partial charge >= 0.3 is 5.97 Å². The monoisotopic (exact) mass is 209 g/mol. The molecule has 4 nitrogen and oxygen atoms in total. The first-order valence-electron chi connectivity index (χ1n) is 4.79. The highest BCUT2D eigenvalue weighted by molar-refractivity contribution is 5.66. The zero-order chi connectivity index (χ0) is 11.3. The zero-order valence-electron chi connectivity index (χ0n) is 8.64. The molecule has 1 aromatic carbocycles. The number of aliphatic carboxylic acids is 1. The van der Waals surface area contributed by atoms with Gasteiger partial charge in [-0.3, -0.25) is 4.79 Å². The molecule has 0 aliphatic carbocycles. The standard InChI is InChI=1S/C11H15NO3/c1-8(12)9-2-4-10(5-3-9)15-7-6-11(13)14/h2-5,8H,6-7,12H2,1H3,(H,13,14)/t8-/m1/s1. The third-order valence-corrected chi connectivity index (χ3v) is 1.99. The molecule has 0 aliphatic rings. The third kappa shape index (κ3) is 3.99.